The molecular formula is C22H20FNO3S. The molecule has 0 unspecified atom stereocenters. The first-order valence-corrected chi connectivity index (χ1v) is 9.71. The molecule has 28 heavy (non-hydrogen) atoms. The molecule has 0 saturated carbocycles. The van der Waals surface area contributed by atoms with Crippen molar-refractivity contribution in [1.29, 1.82) is 0 Å². The Hall–Kier alpha value is -2.99. The summed E-state index contributed by atoms with van der Waals surface area (Å²) in [6, 6.07) is 11.2. The van der Waals surface area contributed by atoms with Crippen molar-refractivity contribution < 1.29 is 18.7 Å². The van der Waals surface area contributed by atoms with E-state index in [-0.39, 0.29) is 6.61 Å². The summed E-state index contributed by atoms with van der Waals surface area (Å²) < 4.78 is 18.3. The number of nitrogens with one attached hydrogen (secondary N) is 1. The van der Waals surface area contributed by atoms with Gasteiger partial charge in [-0.3, -0.25) is 4.79 Å². The van der Waals surface area contributed by atoms with Crippen LogP contribution in [0.1, 0.15) is 38.8 Å². The van der Waals surface area contributed by atoms with Crippen LogP contribution < -0.4 is 5.32 Å². The predicted octanol–water partition coefficient (Wildman–Crippen LogP) is 5.60. The molecule has 1 N–H and O–H groups in total. The molecule has 0 aliphatic heterocycles. The molecule has 0 aliphatic rings. The van der Waals surface area contributed by atoms with Crippen LogP contribution in [0.4, 0.5) is 9.39 Å². The first-order chi connectivity index (χ1) is 13.4. The van der Waals surface area contributed by atoms with Gasteiger partial charge in [-0.05, 0) is 56.2 Å². The minimum atomic E-state index is -0.492. The third kappa shape index (κ3) is 4.12. The number of anilines is 1. The molecule has 2 aromatic carbocycles. The molecule has 0 atom stereocenters. The van der Waals surface area contributed by atoms with Crippen LogP contribution in [0, 0.1) is 19.7 Å². The number of hydrogen-bond acceptors (Lipinski definition) is 4. The molecule has 1 amide bonds. The van der Waals surface area contributed by atoms with Crippen LogP contribution in [-0.2, 0) is 4.74 Å². The summed E-state index contributed by atoms with van der Waals surface area (Å²) >= 11 is 1.26. The molecule has 0 bridgehead atoms. The zero-order chi connectivity index (χ0) is 20.3. The minimum Gasteiger partial charge on any atom is -0.462 e. The van der Waals surface area contributed by atoms with Crippen molar-refractivity contribution >= 4 is 28.2 Å². The van der Waals surface area contributed by atoms with E-state index in [0.717, 1.165) is 22.3 Å². The van der Waals surface area contributed by atoms with Crippen molar-refractivity contribution in [2.45, 2.75) is 20.8 Å². The van der Waals surface area contributed by atoms with Gasteiger partial charge in [-0.2, -0.15) is 0 Å². The fourth-order valence-corrected chi connectivity index (χ4v) is 3.80. The fourth-order valence-electron chi connectivity index (χ4n) is 2.86. The Labute approximate surface area is 167 Å². The first kappa shape index (κ1) is 19.8. The van der Waals surface area contributed by atoms with Gasteiger partial charge in [-0.25, -0.2) is 9.18 Å². The van der Waals surface area contributed by atoms with E-state index in [4.69, 9.17) is 4.74 Å². The van der Waals surface area contributed by atoms with Crippen molar-refractivity contribution in [2.24, 2.45) is 0 Å². The monoisotopic (exact) mass is 397 g/mol. The molecule has 3 aromatic rings. The molecular weight excluding hydrogens is 377 g/mol. The normalized spacial score (nSPS) is 10.6. The summed E-state index contributed by atoms with van der Waals surface area (Å²) in [4.78, 5) is 25.2. The van der Waals surface area contributed by atoms with Gasteiger partial charge < -0.3 is 10.1 Å². The second kappa shape index (κ2) is 8.35. The Kier molecular flexibility index (Phi) is 5.90. The van der Waals surface area contributed by atoms with Crippen LogP contribution in [0.25, 0.3) is 11.1 Å². The first-order valence-electron chi connectivity index (χ1n) is 8.84. The van der Waals surface area contributed by atoms with E-state index in [1.54, 1.807) is 6.92 Å². The number of esters is 1. The van der Waals surface area contributed by atoms with Gasteiger partial charge in [0.15, 0.2) is 0 Å². The average molecular weight is 397 g/mol. The number of carbonyl (C=O) groups excluding carboxylic acids is 2. The molecule has 144 valence electrons. The summed E-state index contributed by atoms with van der Waals surface area (Å²) in [5.74, 6) is -1.33. The van der Waals surface area contributed by atoms with E-state index in [0.29, 0.717) is 16.1 Å². The second-order valence-electron chi connectivity index (χ2n) is 6.35. The number of rotatable bonds is 5. The summed E-state index contributed by atoms with van der Waals surface area (Å²) in [6.07, 6.45) is 0. The van der Waals surface area contributed by atoms with Gasteiger partial charge in [-0.15, -0.1) is 11.3 Å². The predicted molar refractivity (Wildman–Crippen MR) is 110 cm³/mol. The van der Waals surface area contributed by atoms with E-state index in [1.165, 1.54) is 35.6 Å². The number of thiophene rings is 1. The van der Waals surface area contributed by atoms with Crippen LogP contribution in [0.5, 0.6) is 0 Å². The molecule has 0 aliphatic carbocycles. The van der Waals surface area contributed by atoms with Gasteiger partial charge in [-0.1, -0.05) is 23.8 Å². The lowest BCUT2D eigenvalue weighted by molar-refractivity contribution is 0.0529. The summed E-state index contributed by atoms with van der Waals surface area (Å²) in [5, 5.41) is 5.01. The van der Waals surface area contributed by atoms with Gasteiger partial charge in [0.1, 0.15) is 16.4 Å². The summed E-state index contributed by atoms with van der Waals surface area (Å²) in [6.45, 7) is 5.92. The van der Waals surface area contributed by atoms with E-state index in [1.807, 2.05) is 37.4 Å². The molecule has 0 radical (unpaired) electrons. The Morgan fingerprint density at radius 2 is 1.79 bits per heavy atom. The third-order valence-electron chi connectivity index (χ3n) is 4.29. The van der Waals surface area contributed by atoms with Crippen molar-refractivity contribution in [3.8, 4) is 11.1 Å². The van der Waals surface area contributed by atoms with Crippen molar-refractivity contribution in [2.75, 3.05) is 11.9 Å². The maximum Gasteiger partial charge on any atom is 0.341 e. The third-order valence-corrected chi connectivity index (χ3v) is 5.18. The van der Waals surface area contributed by atoms with Gasteiger partial charge >= 0.3 is 5.97 Å². The molecule has 0 spiro atoms. The van der Waals surface area contributed by atoms with E-state index in [2.05, 4.69) is 5.32 Å². The zero-order valence-corrected chi connectivity index (χ0v) is 16.7. The lowest BCUT2D eigenvalue weighted by Gasteiger charge is -2.11. The average Bonchev–Trinajstić information content (AvgIpc) is 3.07. The summed E-state index contributed by atoms with van der Waals surface area (Å²) in [7, 11) is 0. The number of halogens is 1. The number of hydrogen-bond donors (Lipinski definition) is 1. The number of benzene rings is 2. The SMILES string of the molecule is CCOC(=O)c1c(-c2cc(C)ccc2C)csc1NC(=O)c1ccc(F)cc1. The topological polar surface area (TPSA) is 55.4 Å². The van der Waals surface area contributed by atoms with E-state index in [9.17, 15) is 14.0 Å². The van der Waals surface area contributed by atoms with Gasteiger partial charge in [0.25, 0.3) is 5.91 Å². The molecule has 0 saturated heterocycles. The van der Waals surface area contributed by atoms with Gasteiger partial charge in [0, 0.05) is 16.5 Å². The Bertz CT molecular complexity index is 1020. The molecule has 3 rings (SSSR count). The lowest BCUT2D eigenvalue weighted by Crippen LogP contribution is -2.15. The maximum absolute atomic E-state index is 13.1. The highest BCUT2D eigenvalue weighted by Crippen LogP contribution is 2.38. The van der Waals surface area contributed by atoms with Crippen LogP contribution in [-0.4, -0.2) is 18.5 Å². The number of aryl methyl sites for hydroxylation is 2. The molecule has 1 heterocycles. The van der Waals surface area contributed by atoms with Crippen molar-refractivity contribution in [1.82, 2.24) is 0 Å². The minimum absolute atomic E-state index is 0.228. The van der Waals surface area contributed by atoms with Crippen molar-refractivity contribution in [3.05, 3.63) is 75.9 Å². The highest BCUT2D eigenvalue weighted by Gasteiger charge is 2.24. The Morgan fingerprint density at radius 3 is 2.46 bits per heavy atom. The fraction of sp³-hybridized carbons (Fsp3) is 0.182. The smallest absolute Gasteiger partial charge is 0.341 e. The highest BCUT2D eigenvalue weighted by molar-refractivity contribution is 7.15. The number of carbonyl (C=O) groups is 2. The standard InChI is InChI=1S/C22H20FNO3S/c1-4-27-22(26)19-18(17-11-13(2)5-6-14(17)3)12-28-21(19)24-20(25)15-7-9-16(23)10-8-15/h5-12H,4H2,1-3H3,(H,24,25). The van der Waals surface area contributed by atoms with E-state index < -0.39 is 17.7 Å². The molecule has 6 heteroatoms. The van der Waals surface area contributed by atoms with Crippen LogP contribution in [0.2, 0.25) is 0 Å². The molecule has 0 fully saturated rings. The van der Waals surface area contributed by atoms with Crippen LogP contribution >= 0.6 is 11.3 Å². The molecule has 1 aromatic heterocycles. The van der Waals surface area contributed by atoms with Gasteiger partial charge in [0.2, 0.25) is 0 Å². The van der Waals surface area contributed by atoms with Crippen molar-refractivity contribution in [3.63, 3.8) is 0 Å². The molecule has 4 nitrogen and oxygen atoms in total. The second-order valence-corrected chi connectivity index (χ2v) is 7.23. The van der Waals surface area contributed by atoms with Crippen LogP contribution in [0.15, 0.2) is 47.8 Å². The number of ether oxygens (including phenoxy) is 1. The van der Waals surface area contributed by atoms with E-state index >= 15 is 0 Å². The summed E-state index contributed by atoms with van der Waals surface area (Å²) in [5.41, 5.74) is 4.36. The highest BCUT2D eigenvalue weighted by atomic mass is 32.1. The quantitative estimate of drug-likeness (QED) is 0.570. The lowest BCUT2D eigenvalue weighted by atomic mass is 9.97. The van der Waals surface area contributed by atoms with Crippen LogP contribution in [0.3, 0.4) is 0 Å². The Morgan fingerprint density at radius 1 is 1.07 bits per heavy atom. The Balaban J connectivity index is 2.03. The maximum atomic E-state index is 13.1. The van der Waals surface area contributed by atoms with Gasteiger partial charge in [0.05, 0.1) is 6.61 Å². The number of amides is 1. The largest absolute Gasteiger partial charge is 0.462 e. The zero-order valence-electron chi connectivity index (χ0n) is 15.8.